The molecule has 0 bridgehead atoms. The molecule has 4 nitrogen and oxygen atoms in total. The van der Waals surface area contributed by atoms with E-state index in [9.17, 15) is 0 Å². The van der Waals surface area contributed by atoms with E-state index >= 15 is 0 Å². The fourth-order valence-corrected chi connectivity index (χ4v) is 3.27. The maximum Gasteiger partial charge on any atom is 0.190 e. The van der Waals surface area contributed by atoms with E-state index < -0.39 is 0 Å². The molecule has 0 aliphatic heterocycles. The number of methoxy groups -OCH3 is 1. The first-order chi connectivity index (χ1) is 10.2. The Morgan fingerprint density at radius 2 is 2.19 bits per heavy atom. The number of ether oxygens (including phenoxy) is 1. The zero-order chi connectivity index (χ0) is 15.2. The predicted octanol–water partition coefficient (Wildman–Crippen LogP) is 3.59. The van der Waals surface area contributed by atoms with Crippen LogP contribution < -0.4 is 15.0 Å². The van der Waals surface area contributed by atoms with Crippen molar-refractivity contribution in [1.82, 2.24) is 10.3 Å². The van der Waals surface area contributed by atoms with Crippen LogP contribution in [0.25, 0.3) is 0 Å². The second kappa shape index (κ2) is 7.43. The number of nitrogens with zero attached hydrogens (tertiary/aromatic N) is 2. The zero-order valence-corrected chi connectivity index (χ0v) is 14.0. The molecule has 1 aromatic carbocycles. The van der Waals surface area contributed by atoms with Gasteiger partial charge in [-0.25, -0.2) is 4.98 Å². The molecule has 0 spiro atoms. The average Bonchev–Trinajstić information content (AvgIpc) is 2.90. The Morgan fingerprint density at radius 3 is 2.86 bits per heavy atom. The number of nitrogens with one attached hydrogen (secondary N) is 1. The van der Waals surface area contributed by atoms with Crippen molar-refractivity contribution in [2.75, 3.05) is 26.1 Å². The number of benzene rings is 1. The summed E-state index contributed by atoms with van der Waals surface area (Å²) in [5, 5.41) is 4.25. The minimum atomic E-state index is 0.861. The van der Waals surface area contributed by atoms with Crippen LogP contribution in [-0.4, -0.2) is 26.2 Å². The Bertz CT molecular complexity index is 559. The van der Waals surface area contributed by atoms with Gasteiger partial charge in [0.15, 0.2) is 5.13 Å². The van der Waals surface area contributed by atoms with Gasteiger partial charge in [-0.1, -0.05) is 30.7 Å². The van der Waals surface area contributed by atoms with Gasteiger partial charge in [0.05, 0.1) is 12.8 Å². The number of aryl methyl sites for hydroxylation is 1. The Hall–Kier alpha value is -1.59. The van der Waals surface area contributed by atoms with E-state index in [1.165, 1.54) is 10.6 Å². The van der Waals surface area contributed by atoms with Crippen LogP contribution in [0.3, 0.4) is 0 Å². The topological polar surface area (TPSA) is 37.4 Å². The normalized spacial score (nSPS) is 10.7. The van der Waals surface area contributed by atoms with Crippen LogP contribution in [0.2, 0.25) is 0 Å². The molecule has 0 aliphatic carbocycles. The number of aromatic nitrogens is 1. The monoisotopic (exact) mass is 305 g/mol. The lowest BCUT2D eigenvalue weighted by Crippen LogP contribution is -2.09. The van der Waals surface area contributed by atoms with Crippen LogP contribution >= 0.6 is 11.3 Å². The number of hydrogen-bond acceptors (Lipinski definition) is 5. The fraction of sp³-hybridized carbons (Fsp3) is 0.438. The average molecular weight is 305 g/mol. The van der Waals surface area contributed by atoms with Crippen LogP contribution in [0.1, 0.15) is 23.9 Å². The Balaban J connectivity index is 2.29. The minimum Gasteiger partial charge on any atom is -0.497 e. The van der Waals surface area contributed by atoms with E-state index in [0.29, 0.717) is 0 Å². The third kappa shape index (κ3) is 3.74. The predicted molar refractivity (Wildman–Crippen MR) is 89.9 cm³/mol. The molecule has 114 valence electrons. The SMILES string of the molecule is CCCc1nc(N(C)c2cccc(OC)c2)sc1CNC. The molecule has 0 radical (unpaired) electrons. The summed E-state index contributed by atoms with van der Waals surface area (Å²) < 4.78 is 5.29. The first-order valence-electron chi connectivity index (χ1n) is 7.20. The standard InChI is InChI=1S/C16H23N3OS/c1-5-7-14-15(11-17-2)21-16(18-14)19(3)12-8-6-9-13(10-12)20-4/h6,8-10,17H,5,7,11H2,1-4H3. The van der Waals surface area contributed by atoms with Crippen molar-refractivity contribution >= 4 is 22.2 Å². The van der Waals surface area contributed by atoms with Crippen molar-refractivity contribution in [1.29, 1.82) is 0 Å². The largest absolute Gasteiger partial charge is 0.497 e. The highest BCUT2D eigenvalue weighted by molar-refractivity contribution is 7.15. The van der Waals surface area contributed by atoms with Gasteiger partial charge in [-0.2, -0.15) is 0 Å². The third-order valence-electron chi connectivity index (χ3n) is 3.32. The lowest BCUT2D eigenvalue weighted by molar-refractivity contribution is 0.415. The van der Waals surface area contributed by atoms with Gasteiger partial charge >= 0.3 is 0 Å². The van der Waals surface area contributed by atoms with Gasteiger partial charge < -0.3 is 15.0 Å². The summed E-state index contributed by atoms with van der Waals surface area (Å²) >= 11 is 1.75. The van der Waals surface area contributed by atoms with Crippen LogP contribution in [0, 0.1) is 0 Å². The van der Waals surface area contributed by atoms with E-state index in [1.54, 1.807) is 18.4 Å². The molecular formula is C16H23N3OS. The highest BCUT2D eigenvalue weighted by Gasteiger charge is 2.14. The summed E-state index contributed by atoms with van der Waals surface area (Å²) in [4.78, 5) is 8.25. The molecule has 0 unspecified atom stereocenters. The Kier molecular flexibility index (Phi) is 5.59. The van der Waals surface area contributed by atoms with E-state index in [-0.39, 0.29) is 0 Å². The summed E-state index contributed by atoms with van der Waals surface area (Å²) in [6, 6.07) is 8.05. The van der Waals surface area contributed by atoms with E-state index in [0.717, 1.165) is 36.0 Å². The summed E-state index contributed by atoms with van der Waals surface area (Å²) in [6.07, 6.45) is 2.14. The number of hydrogen-bond donors (Lipinski definition) is 1. The molecule has 1 heterocycles. The van der Waals surface area contributed by atoms with Gasteiger partial charge in [0.1, 0.15) is 5.75 Å². The maximum atomic E-state index is 5.29. The van der Waals surface area contributed by atoms with E-state index in [2.05, 4.69) is 23.2 Å². The Morgan fingerprint density at radius 1 is 1.38 bits per heavy atom. The molecule has 0 amide bonds. The molecule has 2 rings (SSSR count). The molecule has 0 aliphatic rings. The number of thiazole rings is 1. The highest BCUT2D eigenvalue weighted by atomic mass is 32.1. The second-order valence-electron chi connectivity index (χ2n) is 4.91. The molecule has 0 saturated carbocycles. The Labute approximate surface area is 130 Å². The van der Waals surface area contributed by atoms with Crippen LogP contribution in [-0.2, 0) is 13.0 Å². The number of rotatable bonds is 7. The fourth-order valence-electron chi connectivity index (χ4n) is 2.17. The van der Waals surface area contributed by atoms with Crippen molar-refractivity contribution in [2.24, 2.45) is 0 Å². The summed E-state index contributed by atoms with van der Waals surface area (Å²) in [6.45, 7) is 3.06. The second-order valence-corrected chi connectivity index (χ2v) is 5.97. The number of anilines is 2. The lowest BCUT2D eigenvalue weighted by atomic mass is 10.2. The van der Waals surface area contributed by atoms with Crippen LogP contribution in [0.5, 0.6) is 5.75 Å². The van der Waals surface area contributed by atoms with E-state index in [1.807, 2.05) is 32.3 Å². The smallest absolute Gasteiger partial charge is 0.190 e. The van der Waals surface area contributed by atoms with Gasteiger partial charge in [0.25, 0.3) is 0 Å². The third-order valence-corrected chi connectivity index (χ3v) is 4.49. The molecule has 0 atom stereocenters. The van der Waals surface area contributed by atoms with Gasteiger partial charge in [0, 0.05) is 30.2 Å². The van der Waals surface area contributed by atoms with Crippen molar-refractivity contribution in [3.8, 4) is 5.75 Å². The van der Waals surface area contributed by atoms with Gasteiger partial charge in [-0.05, 0) is 25.6 Å². The molecule has 2 aromatic rings. The lowest BCUT2D eigenvalue weighted by Gasteiger charge is -2.16. The molecule has 0 fully saturated rings. The van der Waals surface area contributed by atoms with Crippen LogP contribution in [0.4, 0.5) is 10.8 Å². The first kappa shape index (κ1) is 15.8. The van der Waals surface area contributed by atoms with Crippen molar-refractivity contribution in [3.63, 3.8) is 0 Å². The molecule has 0 saturated heterocycles. The molecule has 21 heavy (non-hydrogen) atoms. The van der Waals surface area contributed by atoms with Crippen molar-refractivity contribution in [2.45, 2.75) is 26.3 Å². The molecule has 5 heteroatoms. The molecule has 1 aromatic heterocycles. The first-order valence-corrected chi connectivity index (χ1v) is 8.02. The van der Waals surface area contributed by atoms with Gasteiger partial charge in [-0.15, -0.1) is 0 Å². The minimum absolute atomic E-state index is 0.861. The van der Waals surface area contributed by atoms with Crippen molar-refractivity contribution < 1.29 is 4.74 Å². The highest BCUT2D eigenvalue weighted by Crippen LogP contribution is 2.32. The zero-order valence-electron chi connectivity index (χ0n) is 13.1. The summed E-state index contributed by atoms with van der Waals surface area (Å²) in [7, 11) is 5.71. The maximum absolute atomic E-state index is 5.29. The molecular weight excluding hydrogens is 282 g/mol. The van der Waals surface area contributed by atoms with E-state index in [4.69, 9.17) is 9.72 Å². The van der Waals surface area contributed by atoms with Gasteiger partial charge in [0.2, 0.25) is 0 Å². The van der Waals surface area contributed by atoms with Gasteiger partial charge in [-0.3, -0.25) is 0 Å². The summed E-state index contributed by atoms with van der Waals surface area (Å²) in [5.41, 5.74) is 2.30. The quantitative estimate of drug-likeness (QED) is 0.848. The molecule has 1 N–H and O–H groups in total. The van der Waals surface area contributed by atoms with Crippen LogP contribution in [0.15, 0.2) is 24.3 Å². The van der Waals surface area contributed by atoms with Crippen molar-refractivity contribution in [3.05, 3.63) is 34.8 Å². The summed E-state index contributed by atoms with van der Waals surface area (Å²) in [5.74, 6) is 0.861.